The number of rotatable bonds is 17. The number of carbonyl (C=O) groups excluding carboxylic acids is 1. The van der Waals surface area contributed by atoms with Crippen molar-refractivity contribution in [1.29, 1.82) is 0 Å². The lowest BCUT2D eigenvalue weighted by atomic mass is 10.1. The summed E-state index contributed by atoms with van der Waals surface area (Å²) in [5.41, 5.74) is 1.47. The lowest BCUT2D eigenvalue weighted by Gasteiger charge is -2.12. The third-order valence-electron chi connectivity index (χ3n) is 5.18. The molecule has 0 fully saturated rings. The highest BCUT2D eigenvalue weighted by molar-refractivity contribution is 6.07. The first-order valence-electron chi connectivity index (χ1n) is 12.1. The first-order valence-corrected chi connectivity index (χ1v) is 12.1. The molecule has 0 aliphatic rings. The van der Waals surface area contributed by atoms with Crippen LogP contribution in [0.4, 0.5) is 0 Å². The third kappa shape index (κ3) is 9.98. The van der Waals surface area contributed by atoms with Crippen LogP contribution in [0.3, 0.4) is 0 Å². The summed E-state index contributed by atoms with van der Waals surface area (Å²) < 4.78 is 17.4. The summed E-state index contributed by atoms with van der Waals surface area (Å²) in [5, 5.41) is 0. The zero-order chi connectivity index (χ0) is 23.7. The van der Waals surface area contributed by atoms with Crippen LogP contribution >= 0.6 is 0 Å². The van der Waals surface area contributed by atoms with Gasteiger partial charge in [-0.25, -0.2) is 0 Å². The summed E-state index contributed by atoms with van der Waals surface area (Å²) in [5.74, 6) is 2.18. The van der Waals surface area contributed by atoms with Crippen molar-refractivity contribution in [2.24, 2.45) is 0 Å². The first-order chi connectivity index (χ1) is 16.2. The maximum atomic E-state index is 12.6. The van der Waals surface area contributed by atoms with Crippen LogP contribution < -0.4 is 14.2 Å². The van der Waals surface area contributed by atoms with Gasteiger partial charge in [0, 0.05) is 17.2 Å². The fourth-order valence-electron chi connectivity index (χ4n) is 3.22. The van der Waals surface area contributed by atoms with Crippen LogP contribution in [0.25, 0.3) is 6.08 Å². The number of allylic oxidation sites excluding steroid dienone is 1. The quantitative estimate of drug-likeness (QED) is 0.107. The van der Waals surface area contributed by atoms with E-state index in [1.54, 1.807) is 42.5 Å². The standard InChI is InChI=1S/C29H38O4/c1-4-7-9-10-11-22-32-27-18-14-25(29(23-27)33-21-8-5-2)15-19-28(30)24-12-16-26(17-13-24)31-20-6-3/h6,12-19,23H,3-5,7-11,20-22H2,1-2H3/b19-15+. The van der Waals surface area contributed by atoms with Crippen molar-refractivity contribution >= 4 is 11.9 Å². The van der Waals surface area contributed by atoms with Gasteiger partial charge in [0.1, 0.15) is 23.9 Å². The topological polar surface area (TPSA) is 44.8 Å². The molecule has 0 aliphatic carbocycles. The minimum atomic E-state index is -0.0721. The van der Waals surface area contributed by atoms with E-state index in [9.17, 15) is 4.79 Å². The van der Waals surface area contributed by atoms with E-state index in [0.717, 1.165) is 36.3 Å². The molecule has 0 aromatic heterocycles. The van der Waals surface area contributed by atoms with E-state index in [0.29, 0.717) is 31.1 Å². The third-order valence-corrected chi connectivity index (χ3v) is 5.18. The summed E-state index contributed by atoms with van der Waals surface area (Å²) in [6.45, 7) is 9.77. The highest BCUT2D eigenvalue weighted by Gasteiger charge is 2.07. The average Bonchev–Trinajstić information content (AvgIpc) is 2.84. The van der Waals surface area contributed by atoms with Gasteiger partial charge >= 0.3 is 0 Å². The molecule has 4 nitrogen and oxygen atoms in total. The van der Waals surface area contributed by atoms with E-state index in [1.807, 2.05) is 18.2 Å². The summed E-state index contributed by atoms with van der Waals surface area (Å²) >= 11 is 0. The molecule has 0 aliphatic heterocycles. The number of ketones is 1. The molecule has 2 rings (SSSR count). The van der Waals surface area contributed by atoms with Gasteiger partial charge in [0.25, 0.3) is 0 Å². The van der Waals surface area contributed by atoms with Crippen LogP contribution in [0.5, 0.6) is 17.2 Å². The number of unbranched alkanes of at least 4 members (excludes halogenated alkanes) is 5. The molecule has 0 unspecified atom stereocenters. The van der Waals surface area contributed by atoms with E-state index < -0.39 is 0 Å². The van der Waals surface area contributed by atoms with Crippen molar-refractivity contribution in [3.05, 3.63) is 72.3 Å². The second-order valence-corrected chi connectivity index (χ2v) is 7.99. The van der Waals surface area contributed by atoms with Gasteiger partial charge in [0.15, 0.2) is 5.78 Å². The number of ether oxygens (including phenoxy) is 3. The number of hydrogen-bond donors (Lipinski definition) is 0. The Hall–Kier alpha value is -3.01. The van der Waals surface area contributed by atoms with Crippen LogP contribution in [0.2, 0.25) is 0 Å². The van der Waals surface area contributed by atoms with E-state index in [1.165, 1.54) is 25.7 Å². The van der Waals surface area contributed by atoms with Crippen molar-refractivity contribution in [2.75, 3.05) is 19.8 Å². The predicted octanol–water partition coefficient (Wildman–Crippen LogP) is 7.68. The minimum absolute atomic E-state index is 0.0721. The maximum absolute atomic E-state index is 12.6. The van der Waals surface area contributed by atoms with E-state index in [2.05, 4.69) is 20.4 Å². The highest BCUT2D eigenvalue weighted by Crippen LogP contribution is 2.27. The molecule has 0 bridgehead atoms. The normalized spacial score (nSPS) is 10.8. The van der Waals surface area contributed by atoms with Crippen molar-refractivity contribution in [3.8, 4) is 17.2 Å². The number of carbonyl (C=O) groups is 1. The molecular formula is C29H38O4. The van der Waals surface area contributed by atoms with Gasteiger partial charge < -0.3 is 14.2 Å². The van der Waals surface area contributed by atoms with Crippen molar-refractivity contribution in [3.63, 3.8) is 0 Å². The van der Waals surface area contributed by atoms with Crippen molar-refractivity contribution in [2.45, 2.75) is 58.8 Å². The molecule has 2 aromatic carbocycles. The monoisotopic (exact) mass is 450 g/mol. The second kappa shape index (κ2) is 15.7. The summed E-state index contributed by atoms with van der Waals surface area (Å²) in [7, 11) is 0. The molecule has 0 atom stereocenters. The van der Waals surface area contributed by atoms with Gasteiger partial charge in [-0.05, 0) is 61.4 Å². The molecule has 4 heteroatoms. The lowest BCUT2D eigenvalue weighted by molar-refractivity contribution is 0.104. The molecule has 178 valence electrons. The van der Waals surface area contributed by atoms with Gasteiger partial charge in [0.05, 0.1) is 13.2 Å². The lowest BCUT2D eigenvalue weighted by Crippen LogP contribution is -2.01. The molecule has 0 spiro atoms. The molecule has 0 amide bonds. The fourth-order valence-corrected chi connectivity index (χ4v) is 3.22. The van der Waals surface area contributed by atoms with Gasteiger partial charge in [-0.1, -0.05) is 58.6 Å². The molecule has 0 heterocycles. The van der Waals surface area contributed by atoms with Gasteiger partial charge in [-0.3, -0.25) is 4.79 Å². The van der Waals surface area contributed by atoms with E-state index >= 15 is 0 Å². The minimum Gasteiger partial charge on any atom is -0.493 e. The molecule has 2 aromatic rings. The van der Waals surface area contributed by atoms with Crippen molar-refractivity contribution in [1.82, 2.24) is 0 Å². The molecular weight excluding hydrogens is 412 g/mol. The highest BCUT2D eigenvalue weighted by atomic mass is 16.5. The van der Waals surface area contributed by atoms with E-state index in [4.69, 9.17) is 14.2 Å². The summed E-state index contributed by atoms with van der Waals surface area (Å²) in [4.78, 5) is 12.6. The van der Waals surface area contributed by atoms with Crippen molar-refractivity contribution < 1.29 is 19.0 Å². The number of hydrogen-bond acceptors (Lipinski definition) is 4. The van der Waals surface area contributed by atoms with E-state index in [-0.39, 0.29) is 5.78 Å². The molecule has 33 heavy (non-hydrogen) atoms. The Labute approximate surface area is 199 Å². The smallest absolute Gasteiger partial charge is 0.185 e. The maximum Gasteiger partial charge on any atom is 0.185 e. The molecule has 0 N–H and O–H groups in total. The zero-order valence-corrected chi connectivity index (χ0v) is 20.2. The van der Waals surface area contributed by atoms with Crippen LogP contribution in [0.15, 0.2) is 61.2 Å². The summed E-state index contributed by atoms with van der Waals surface area (Å²) in [6.07, 6.45) is 13.1. The molecule has 0 radical (unpaired) electrons. The van der Waals surface area contributed by atoms with Crippen LogP contribution in [-0.4, -0.2) is 25.6 Å². The van der Waals surface area contributed by atoms with Crippen LogP contribution in [-0.2, 0) is 0 Å². The Kier molecular flexibility index (Phi) is 12.5. The van der Waals surface area contributed by atoms with Gasteiger partial charge in [-0.2, -0.15) is 0 Å². The van der Waals surface area contributed by atoms with Crippen LogP contribution in [0.1, 0.15) is 74.7 Å². The Morgan fingerprint density at radius 3 is 2.24 bits per heavy atom. The Balaban J connectivity index is 2.02. The van der Waals surface area contributed by atoms with Gasteiger partial charge in [0.2, 0.25) is 0 Å². The second-order valence-electron chi connectivity index (χ2n) is 7.99. The Morgan fingerprint density at radius 2 is 1.52 bits per heavy atom. The van der Waals surface area contributed by atoms with Crippen LogP contribution in [0, 0.1) is 0 Å². The summed E-state index contributed by atoms with van der Waals surface area (Å²) in [6, 6.07) is 12.9. The molecule has 0 saturated heterocycles. The first kappa shape index (κ1) is 26.2. The Morgan fingerprint density at radius 1 is 0.818 bits per heavy atom. The Bertz CT molecular complexity index is 868. The molecule has 0 saturated carbocycles. The number of benzene rings is 2. The average molecular weight is 451 g/mol. The fraction of sp³-hybridized carbons (Fsp3) is 0.414. The predicted molar refractivity (Wildman–Crippen MR) is 137 cm³/mol. The van der Waals surface area contributed by atoms with Gasteiger partial charge in [-0.15, -0.1) is 0 Å². The largest absolute Gasteiger partial charge is 0.493 e. The zero-order valence-electron chi connectivity index (χ0n) is 20.2. The SMILES string of the molecule is C=CCOc1ccc(C(=O)/C=C/c2ccc(OCCCCCCC)cc2OCCCC)cc1.